The first-order chi connectivity index (χ1) is 13.0. The zero-order chi connectivity index (χ0) is 19.0. The van der Waals surface area contributed by atoms with Crippen molar-refractivity contribution < 1.29 is 15.0 Å². The Morgan fingerprint density at radius 3 is 2.70 bits per heavy atom. The van der Waals surface area contributed by atoms with Gasteiger partial charge in [-0.1, -0.05) is 24.3 Å². The van der Waals surface area contributed by atoms with Crippen LogP contribution in [0.25, 0.3) is 0 Å². The number of hydrogen-bond acceptors (Lipinski definition) is 5. The Morgan fingerprint density at radius 2 is 1.96 bits per heavy atom. The van der Waals surface area contributed by atoms with Gasteiger partial charge >= 0.3 is 0 Å². The van der Waals surface area contributed by atoms with Gasteiger partial charge in [-0.3, -0.25) is 14.4 Å². The minimum atomic E-state index is -0.823. The van der Waals surface area contributed by atoms with Gasteiger partial charge in [-0.25, -0.2) is 0 Å². The van der Waals surface area contributed by atoms with E-state index in [0.717, 1.165) is 13.0 Å². The number of carbonyl (C=O) groups excluding carboxylic acids is 1. The van der Waals surface area contributed by atoms with E-state index in [0.29, 0.717) is 25.1 Å². The number of rotatable bonds is 3. The molecule has 0 saturated heterocycles. The number of aryl methyl sites for hydroxylation is 1. The lowest BCUT2D eigenvalue weighted by Crippen LogP contribution is -2.62. The van der Waals surface area contributed by atoms with Crippen molar-refractivity contribution in [3.05, 3.63) is 53.3 Å². The summed E-state index contributed by atoms with van der Waals surface area (Å²) in [5, 5.41) is 28.5. The molecule has 27 heavy (non-hydrogen) atoms. The second-order valence-corrected chi connectivity index (χ2v) is 7.54. The third-order valence-electron chi connectivity index (χ3n) is 5.88. The number of hydrogen-bond donors (Lipinski definition) is 3. The van der Waals surface area contributed by atoms with Crippen molar-refractivity contribution in [1.29, 1.82) is 0 Å². The van der Waals surface area contributed by atoms with Crippen molar-refractivity contribution in [3.63, 3.8) is 0 Å². The standard InChI is InChI=1S/C20H26N4O3/c1-23-16(8-10-21-23)20(27)22-15-6-7-17(25)18(19(15)26)24-11-9-13-4-2-3-5-14(13)12-24/h2-5,8,10,15,17-19,25-26H,6-7,9,11-12H2,1H3,(H,22,27)/t15-,17+,18-,19-/m1/s1. The molecule has 1 aromatic carbocycles. The number of aromatic nitrogens is 2. The van der Waals surface area contributed by atoms with Crippen molar-refractivity contribution >= 4 is 5.91 Å². The number of amides is 1. The second kappa shape index (κ2) is 7.42. The normalized spacial score (nSPS) is 28.6. The molecule has 1 aliphatic heterocycles. The molecule has 3 N–H and O–H groups in total. The average molecular weight is 370 g/mol. The minimum Gasteiger partial charge on any atom is -0.391 e. The zero-order valence-corrected chi connectivity index (χ0v) is 15.5. The van der Waals surface area contributed by atoms with Crippen LogP contribution in [-0.4, -0.2) is 61.6 Å². The van der Waals surface area contributed by atoms with Crippen molar-refractivity contribution in [3.8, 4) is 0 Å². The van der Waals surface area contributed by atoms with Crippen molar-refractivity contribution in [2.45, 2.75) is 50.1 Å². The van der Waals surface area contributed by atoms with E-state index in [2.05, 4.69) is 27.4 Å². The Morgan fingerprint density at radius 1 is 1.19 bits per heavy atom. The summed E-state index contributed by atoms with van der Waals surface area (Å²) in [6.45, 7) is 1.50. The molecule has 0 bridgehead atoms. The van der Waals surface area contributed by atoms with Gasteiger partial charge in [0.2, 0.25) is 0 Å². The summed E-state index contributed by atoms with van der Waals surface area (Å²) >= 11 is 0. The molecule has 1 amide bonds. The summed E-state index contributed by atoms with van der Waals surface area (Å²) in [5.74, 6) is -0.252. The molecule has 0 unspecified atom stereocenters. The minimum absolute atomic E-state index is 0.252. The highest BCUT2D eigenvalue weighted by atomic mass is 16.3. The van der Waals surface area contributed by atoms with Crippen LogP contribution in [0, 0.1) is 0 Å². The van der Waals surface area contributed by atoms with Gasteiger partial charge in [0.15, 0.2) is 0 Å². The van der Waals surface area contributed by atoms with Crippen LogP contribution in [-0.2, 0) is 20.0 Å². The first kappa shape index (κ1) is 18.2. The molecule has 1 saturated carbocycles. The van der Waals surface area contributed by atoms with E-state index in [1.165, 1.54) is 15.8 Å². The van der Waals surface area contributed by atoms with Gasteiger partial charge in [-0.05, 0) is 36.5 Å². The Hall–Kier alpha value is -2.22. The van der Waals surface area contributed by atoms with Gasteiger partial charge < -0.3 is 15.5 Å². The number of benzene rings is 1. The SMILES string of the molecule is Cn1nccc1C(=O)N[C@@H]1CC[C@H](O)[C@@H](N2CCc3ccccc3C2)[C@@H]1O. The average Bonchev–Trinajstić information content (AvgIpc) is 3.10. The van der Waals surface area contributed by atoms with Gasteiger partial charge in [-0.15, -0.1) is 0 Å². The highest BCUT2D eigenvalue weighted by Gasteiger charge is 2.42. The highest BCUT2D eigenvalue weighted by Crippen LogP contribution is 2.29. The molecule has 2 heterocycles. The fourth-order valence-electron chi connectivity index (χ4n) is 4.39. The number of carbonyl (C=O) groups is 1. The summed E-state index contributed by atoms with van der Waals surface area (Å²) in [4.78, 5) is 14.7. The summed E-state index contributed by atoms with van der Waals surface area (Å²) in [7, 11) is 1.71. The maximum atomic E-state index is 12.5. The molecule has 7 nitrogen and oxygen atoms in total. The van der Waals surface area contributed by atoms with Crippen LogP contribution in [0.4, 0.5) is 0 Å². The fraction of sp³-hybridized carbons (Fsp3) is 0.500. The van der Waals surface area contributed by atoms with Crippen LogP contribution in [0.1, 0.15) is 34.5 Å². The highest BCUT2D eigenvalue weighted by molar-refractivity contribution is 5.92. The molecule has 2 aliphatic rings. The van der Waals surface area contributed by atoms with E-state index < -0.39 is 18.2 Å². The Kier molecular flexibility index (Phi) is 4.99. The summed E-state index contributed by atoms with van der Waals surface area (Å²) in [6.07, 6.45) is 2.15. The van der Waals surface area contributed by atoms with Gasteiger partial charge in [0, 0.05) is 26.3 Å². The van der Waals surface area contributed by atoms with Gasteiger partial charge in [0.05, 0.1) is 24.3 Å². The molecule has 4 rings (SSSR count). The van der Waals surface area contributed by atoms with Gasteiger partial charge in [0.1, 0.15) is 5.69 Å². The van der Waals surface area contributed by atoms with E-state index in [-0.39, 0.29) is 11.9 Å². The maximum absolute atomic E-state index is 12.5. The van der Waals surface area contributed by atoms with E-state index in [4.69, 9.17) is 0 Å². The van der Waals surface area contributed by atoms with E-state index in [1.54, 1.807) is 19.3 Å². The molecule has 2 aromatic rings. The zero-order valence-electron chi connectivity index (χ0n) is 15.5. The molecule has 1 aliphatic carbocycles. The molecule has 0 radical (unpaired) electrons. The molecule has 144 valence electrons. The predicted molar refractivity (Wildman–Crippen MR) is 100 cm³/mol. The van der Waals surface area contributed by atoms with Crippen LogP contribution in [0.5, 0.6) is 0 Å². The largest absolute Gasteiger partial charge is 0.391 e. The van der Waals surface area contributed by atoms with Crippen molar-refractivity contribution in [2.24, 2.45) is 7.05 Å². The van der Waals surface area contributed by atoms with Crippen molar-refractivity contribution in [2.75, 3.05) is 6.54 Å². The van der Waals surface area contributed by atoms with Crippen LogP contribution < -0.4 is 5.32 Å². The smallest absolute Gasteiger partial charge is 0.269 e. The van der Waals surface area contributed by atoms with E-state index in [9.17, 15) is 15.0 Å². The molecular weight excluding hydrogens is 344 g/mol. The first-order valence-corrected chi connectivity index (χ1v) is 9.50. The second-order valence-electron chi connectivity index (χ2n) is 7.54. The van der Waals surface area contributed by atoms with Crippen LogP contribution in [0.2, 0.25) is 0 Å². The lowest BCUT2D eigenvalue weighted by molar-refractivity contribution is -0.0740. The van der Waals surface area contributed by atoms with E-state index >= 15 is 0 Å². The number of nitrogens with one attached hydrogen (secondary N) is 1. The molecule has 1 fully saturated rings. The third kappa shape index (κ3) is 3.50. The number of aliphatic hydroxyl groups is 2. The Labute approximate surface area is 158 Å². The molecule has 7 heteroatoms. The fourth-order valence-corrected chi connectivity index (χ4v) is 4.39. The topological polar surface area (TPSA) is 90.6 Å². The monoisotopic (exact) mass is 370 g/mol. The number of nitrogens with zero attached hydrogens (tertiary/aromatic N) is 3. The molecular formula is C20H26N4O3. The number of aliphatic hydroxyl groups excluding tert-OH is 2. The lowest BCUT2D eigenvalue weighted by Gasteiger charge is -2.45. The van der Waals surface area contributed by atoms with E-state index in [1.807, 2.05) is 12.1 Å². The quantitative estimate of drug-likeness (QED) is 0.730. The molecule has 1 aromatic heterocycles. The molecule has 0 spiro atoms. The predicted octanol–water partition coefficient (Wildman–Crippen LogP) is 0.461. The molecule has 4 atom stereocenters. The van der Waals surface area contributed by atoms with Crippen LogP contribution >= 0.6 is 0 Å². The first-order valence-electron chi connectivity index (χ1n) is 9.50. The summed E-state index contributed by atoms with van der Waals surface area (Å²) in [5.41, 5.74) is 3.02. The Bertz CT molecular complexity index is 821. The maximum Gasteiger partial charge on any atom is 0.269 e. The summed E-state index contributed by atoms with van der Waals surface area (Å²) < 4.78 is 1.51. The third-order valence-corrected chi connectivity index (χ3v) is 5.88. The number of fused-ring (bicyclic) bond motifs is 1. The summed E-state index contributed by atoms with van der Waals surface area (Å²) in [6, 6.07) is 9.18. The Balaban J connectivity index is 1.48. The van der Waals surface area contributed by atoms with Gasteiger partial charge in [-0.2, -0.15) is 5.10 Å². The van der Waals surface area contributed by atoms with Crippen LogP contribution in [0.3, 0.4) is 0 Å². The van der Waals surface area contributed by atoms with Crippen molar-refractivity contribution in [1.82, 2.24) is 20.0 Å². The van der Waals surface area contributed by atoms with Crippen LogP contribution in [0.15, 0.2) is 36.5 Å². The van der Waals surface area contributed by atoms with Gasteiger partial charge in [0.25, 0.3) is 5.91 Å². The lowest BCUT2D eigenvalue weighted by atomic mass is 9.83.